The number of carbonyl (C=O) groups excluding carboxylic acids is 1. The van der Waals surface area contributed by atoms with Crippen LogP contribution in [0.3, 0.4) is 0 Å². The first-order valence-electron chi connectivity index (χ1n) is 6.99. The lowest BCUT2D eigenvalue weighted by Gasteiger charge is -2.15. The third-order valence-electron chi connectivity index (χ3n) is 3.39. The number of nitrogens with one attached hydrogen (secondary N) is 1. The van der Waals surface area contributed by atoms with Crippen LogP contribution in [0.4, 0.5) is 0 Å². The average molecular weight is 292 g/mol. The molecule has 0 unspecified atom stereocenters. The topological polar surface area (TPSA) is 61.9 Å². The Morgan fingerprint density at radius 3 is 2.59 bits per heavy atom. The van der Waals surface area contributed by atoms with Crippen LogP contribution < -0.4 is 0 Å². The molecule has 0 aliphatic carbocycles. The second-order valence-corrected chi connectivity index (χ2v) is 5.05. The third-order valence-corrected chi connectivity index (χ3v) is 3.39. The summed E-state index contributed by atoms with van der Waals surface area (Å²) in [5.74, 6) is -0.0912. The van der Waals surface area contributed by atoms with Crippen molar-refractivity contribution in [2.75, 3.05) is 7.05 Å². The van der Waals surface area contributed by atoms with Gasteiger partial charge in [-0.05, 0) is 23.8 Å². The van der Waals surface area contributed by atoms with Gasteiger partial charge in [0.15, 0.2) is 0 Å². The van der Waals surface area contributed by atoms with Crippen molar-refractivity contribution in [1.82, 2.24) is 20.1 Å². The van der Waals surface area contributed by atoms with Crippen LogP contribution in [0.2, 0.25) is 0 Å². The van der Waals surface area contributed by atoms with Gasteiger partial charge in [-0.25, -0.2) is 0 Å². The Hall–Kier alpha value is -2.95. The summed E-state index contributed by atoms with van der Waals surface area (Å²) in [4.78, 5) is 18.1. The van der Waals surface area contributed by atoms with Crippen molar-refractivity contribution in [3.05, 3.63) is 72.2 Å². The van der Waals surface area contributed by atoms with Gasteiger partial charge in [-0.1, -0.05) is 30.3 Å². The minimum absolute atomic E-state index is 0.0912. The minimum Gasteiger partial charge on any atom is -0.336 e. The van der Waals surface area contributed by atoms with E-state index in [9.17, 15) is 4.79 Å². The fraction of sp³-hybridized carbons (Fsp3) is 0.118. The molecular weight excluding hydrogens is 276 g/mol. The molecule has 0 aliphatic heterocycles. The molecule has 0 spiro atoms. The molecule has 0 aliphatic rings. The van der Waals surface area contributed by atoms with E-state index < -0.39 is 0 Å². The molecule has 0 fully saturated rings. The van der Waals surface area contributed by atoms with Crippen LogP contribution in [0.1, 0.15) is 16.1 Å². The van der Waals surface area contributed by atoms with Gasteiger partial charge in [0.1, 0.15) is 5.69 Å². The van der Waals surface area contributed by atoms with E-state index in [4.69, 9.17) is 0 Å². The lowest BCUT2D eigenvalue weighted by atomic mass is 10.1. The zero-order chi connectivity index (χ0) is 15.4. The summed E-state index contributed by atoms with van der Waals surface area (Å²) in [6.45, 7) is 0.529. The van der Waals surface area contributed by atoms with E-state index in [1.807, 2.05) is 42.5 Å². The number of hydrogen-bond donors (Lipinski definition) is 1. The van der Waals surface area contributed by atoms with Crippen LogP contribution in [0.25, 0.3) is 11.3 Å². The Labute approximate surface area is 128 Å². The van der Waals surface area contributed by atoms with Crippen molar-refractivity contribution in [2.24, 2.45) is 0 Å². The average Bonchev–Trinajstić information content (AvgIpc) is 3.06. The number of nitrogens with zero attached hydrogens (tertiary/aromatic N) is 3. The van der Waals surface area contributed by atoms with Crippen LogP contribution in [0.15, 0.2) is 60.9 Å². The Bertz CT molecular complexity index is 753. The normalized spacial score (nSPS) is 10.4. The molecule has 1 N–H and O–H groups in total. The number of H-pyrrole nitrogens is 1. The Balaban J connectivity index is 1.74. The van der Waals surface area contributed by atoms with Crippen LogP contribution in [-0.4, -0.2) is 33.0 Å². The quantitative estimate of drug-likeness (QED) is 0.804. The molecule has 0 atom stereocenters. The molecule has 0 radical (unpaired) electrons. The minimum atomic E-state index is -0.0912. The highest BCUT2D eigenvalue weighted by Gasteiger charge is 2.15. The molecule has 3 rings (SSSR count). The largest absolute Gasteiger partial charge is 0.336 e. The molecule has 3 aromatic rings. The van der Waals surface area contributed by atoms with E-state index in [1.54, 1.807) is 30.4 Å². The monoisotopic (exact) mass is 292 g/mol. The smallest absolute Gasteiger partial charge is 0.271 e. The highest BCUT2D eigenvalue weighted by atomic mass is 16.2. The summed E-state index contributed by atoms with van der Waals surface area (Å²) in [5, 5.41) is 7.03. The molecule has 2 heterocycles. The summed E-state index contributed by atoms with van der Waals surface area (Å²) in [6, 6.07) is 15.3. The maximum Gasteiger partial charge on any atom is 0.271 e. The molecule has 5 heteroatoms. The zero-order valence-corrected chi connectivity index (χ0v) is 12.2. The number of aromatic amines is 1. The first-order chi connectivity index (χ1) is 10.7. The summed E-state index contributed by atoms with van der Waals surface area (Å²) in [7, 11) is 1.77. The van der Waals surface area contributed by atoms with Gasteiger partial charge in [0.2, 0.25) is 0 Å². The highest BCUT2D eigenvalue weighted by Crippen LogP contribution is 2.17. The summed E-state index contributed by atoms with van der Waals surface area (Å²) in [6.07, 6.45) is 3.44. The van der Waals surface area contributed by atoms with Gasteiger partial charge in [-0.3, -0.25) is 14.9 Å². The predicted octanol–water partition coefficient (Wildman–Crippen LogP) is 2.74. The predicted molar refractivity (Wildman–Crippen MR) is 84.1 cm³/mol. The molecule has 110 valence electrons. The SMILES string of the molecule is CN(Cc1ccncc1)C(=O)c1cc(-c2ccccc2)n[nH]1. The molecule has 1 amide bonds. The van der Waals surface area contributed by atoms with Gasteiger partial charge >= 0.3 is 0 Å². The second kappa shape index (κ2) is 6.22. The van der Waals surface area contributed by atoms with E-state index in [-0.39, 0.29) is 5.91 Å². The maximum absolute atomic E-state index is 12.4. The van der Waals surface area contributed by atoms with E-state index in [0.717, 1.165) is 16.8 Å². The first kappa shape index (κ1) is 14.0. The molecule has 5 nitrogen and oxygen atoms in total. The van der Waals surface area contributed by atoms with E-state index in [2.05, 4.69) is 15.2 Å². The fourth-order valence-corrected chi connectivity index (χ4v) is 2.23. The first-order valence-corrected chi connectivity index (χ1v) is 6.99. The van der Waals surface area contributed by atoms with Crippen molar-refractivity contribution in [2.45, 2.75) is 6.54 Å². The summed E-state index contributed by atoms with van der Waals surface area (Å²) in [5.41, 5.74) is 3.26. The van der Waals surface area contributed by atoms with Crippen LogP contribution >= 0.6 is 0 Å². The molecule has 22 heavy (non-hydrogen) atoms. The van der Waals surface area contributed by atoms with Crippen LogP contribution in [0.5, 0.6) is 0 Å². The van der Waals surface area contributed by atoms with E-state index in [0.29, 0.717) is 12.2 Å². The number of rotatable bonds is 4. The Kier molecular flexibility index (Phi) is 3.96. The van der Waals surface area contributed by atoms with Crippen molar-refractivity contribution in [1.29, 1.82) is 0 Å². The van der Waals surface area contributed by atoms with Gasteiger partial charge in [0.05, 0.1) is 5.69 Å². The number of carbonyl (C=O) groups is 1. The third kappa shape index (κ3) is 3.03. The summed E-state index contributed by atoms with van der Waals surface area (Å²) >= 11 is 0. The molecule has 1 aromatic carbocycles. The fourth-order valence-electron chi connectivity index (χ4n) is 2.23. The van der Waals surface area contributed by atoms with E-state index >= 15 is 0 Å². The van der Waals surface area contributed by atoms with Gasteiger partial charge < -0.3 is 4.90 Å². The molecule has 0 saturated carbocycles. The van der Waals surface area contributed by atoms with Crippen LogP contribution in [-0.2, 0) is 6.54 Å². The van der Waals surface area contributed by atoms with Crippen molar-refractivity contribution in [3.63, 3.8) is 0 Å². The van der Waals surface area contributed by atoms with Crippen molar-refractivity contribution < 1.29 is 4.79 Å². The molecule has 0 saturated heterocycles. The molecule has 0 bridgehead atoms. The summed E-state index contributed by atoms with van der Waals surface area (Å²) < 4.78 is 0. The van der Waals surface area contributed by atoms with E-state index in [1.165, 1.54) is 0 Å². The second-order valence-electron chi connectivity index (χ2n) is 5.05. The standard InChI is InChI=1S/C17H16N4O/c1-21(12-13-7-9-18-10-8-13)17(22)16-11-15(19-20-16)14-5-3-2-4-6-14/h2-11H,12H2,1H3,(H,19,20). The molecule has 2 aromatic heterocycles. The zero-order valence-electron chi connectivity index (χ0n) is 12.2. The van der Waals surface area contributed by atoms with Gasteiger partial charge in [0, 0.05) is 31.5 Å². The Morgan fingerprint density at radius 2 is 1.86 bits per heavy atom. The Morgan fingerprint density at radius 1 is 1.14 bits per heavy atom. The highest BCUT2D eigenvalue weighted by molar-refractivity contribution is 5.93. The van der Waals surface area contributed by atoms with Gasteiger partial charge in [-0.2, -0.15) is 5.10 Å². The molecular formula is C17H16N4O. The lowest BCUT2D eigenvalue weighted by Crippen LogP contribution is -2.26. The van der Waals surface area contributed by atoms with Crippen molar-refractivity contribution in [3.8, 4) is 11.3 Å². The number of hydrogen-bond acceptors (Lipinski definition) is 3. The number of amides is 1. The van der Waals surface area contributed by atoms with Crippen LogP contribution in [0, 0.1) is 0 Å². The van der Waals surface area contributed by atoms with Gasteiger partial charge in [-0.15, -0.1) is 0 Å². The van der Waals surface area contributed by atoms with Crippen molar-refractivity contribution >= 4 is 5.91 Å². The number of benzene rings is 1. The number of aromatic nitrogens is 3. The van der Waals surface area contributed by atoms with Gasteiger partial charge in [0.25, 0.3) is 5.91 Å². The maximum atomic E-state index is 12.4. The lowest BCUT2D eigenvalue weighted by molar-refractivity contribution is 0.0779. The number of pyridine rings is 1.